The summed E-state index contributed by atoms with van der Waals surface area (Å²) in [6.07, 6.45) is 8.40. The van der Waals surface area contributed by atoms with Crippen LogP contribution in [-0.4, -0.2) is 34.8 Å². The molecule has 0 bridgehead atoms. The first-order chi connectivity index (χ1) is 14.4. The predicted molar refractivity (Wildman–Crippen MR) is 121 cm³/mol. The highest BCUT2D eigenvalue weighted by molar-refractivity contribution is 8.01. The Morgan fingerprint density at radius 3 is 2.50 bits per heavy atom. The first-order valence-corrected chi connectivity index (χ1v) is 12.7. The van der Waals surface area contributed by atoms with Gasteiger partial charge in [0.05, 0.1) is 10.1 Å². The number of aryl methyl sites for hydroxylation is 1. The van der Waals surface area contributed by atoms with E-state index in [1.165, 1.54) is 50.4 Å². The molecule has 1 aromatic heterocycles. The van der Waals surface area contributed by atoms with E-state index in [-0.39, 0.29) is 22.0 Å². The molecule has 1 aliphatic carbocycles. The number of hydrogen-bond donors (Lipinski definition) is 2. The summed E-state index contributed by atoms with van der Waals surface area (Å²) < 4.78 is 27.4. The van der Waals surface area contributed by atoms with Crippen molar-refractivity contribution in [1.29, 1.82) is 0 Å². The molecule has 3 rings (SSSR count). The van der Waals surface area contributed by atoms with Crippen LogP contribution >= 0.6 is 11.8 Å². The first-order valence-electron chi connectivity index (χ1n) is 10.3. The molecule has 7 nitrogen and oxygen atoms in total. The molecule has 1 aliphatic rings. The summed E-state index contributed by atoms with van der Waals surface area (Å²) in [7, 11) is -3.81. The summed E-state index contributed by atoms with van der Waals surface area (Å²) in [5, 5.41) is 3.37. The summed E-state index contributed by atoms with van der Waals surface area (Å²) in [5.41, 5.74) is 1.24. The van der Waals surface area contributed by atoms with Crippen LogP contribution in [0.1, 0.15) is 51.1 Å². The van der Waals surface area contributed by atoms with E-state index in [9.17, 15) is 13.2 Å². The number of amides is 1. The molecule has 2 aromatic rings. The highest BCUT2D eigenvalue weighted by Crippen LogP contribution is 2.32. The maximum Gasteiger partial charge on any atom is 0.264 e. The van der Waals surface area contributed by atoms with Gasteiger partial charge >= 0.3 is 0 Å². The van der Waals surface area contributed by atoms with Crippen LogP contribution < -0.4 is 10.0 Å². The summed E-state index contributed by atoms with van der Waals surface area (Å²) in [5.74, 6) is -0.00660. The summed E-state index contributed by atoms with van der Waals surface area (Å²) in [6, 6.07) is 7.81. The molecule has 1 aromatic carbocycles. The molecule has 9 heteroatoms. The van der Waals surface area contributed by atoms with Gasteiger partial charge in [-0.1, -0.05) is 26.2 Å². The van der Waals surface area contributed by atoms with Crippen LogP contribution in [0.2, 0.25) is 0 Å². The molecule has 0 saturated heterocycles. The normalized spacial score (nSPS) is 16.1. The van der Waals surface area contributed by atoms with Crippen molar-refractivity contribution in [2.75, 3.05) is 10.0 Å². The lowest BCUT2D eigenvalue weighted by molar-refractivity contribution is -0.115. The molecule has 0 spiro atoms. The standard InChI is InChI=1S/C21H28N4O3S2/c1-3-19(29-17-7-5-4-6-8-17)20(26)24-16-9-11-18(12-10-16)30(27,28)25-21-22-14-13-15(2)23-21/h9-14,17,19H,3-8H2,1-2H3,(H,24,26)(H,22,23,25). The number of nitrogens with zero attached hydrogens (tertiary/aromatic N) is 2. The Balaban J connectivity index is 1.62. The van der Waals surface area contributed by atoms with Crippen LogP contribution in [-0.2, 0) is 14.8 Å². The SMILES string of the molecule is CCC(SC1CCCCC1)C(=O)Nc1ccc(S(=O)(=O)Nc2nccc(C)n2)cc1. The fourth-order valence-corrected chi connectivity index (χ4v) is 5.79. The highest BCUT2D eigenvalue weighted by atomic mass is 32.2. The molecule has 1 heterocycles. The average Bonchev–Trinajstić information content (AvgIpc) is 2.73. The zero-order valence-electron chi connectivity index (χ0n) is 17.3. The van der Waals surface area contributed by atoms with Crippen LogP contribution in [0, 0.1) is 6.92 Å². The first kappa shape index (κ1) is 22.6. The van der Waals surface area contributed by atoms with Crippen LogP contribution in [0.5, 0.6) is 0 Å². The van der Waals surface area contributed by atoms with E-state index in [4.69, 9.17) is 0 Å². The third-order valence-corrected chi connectivity index (χ3v) is 8.10. The van der Waals surface area contributed by atoms with Crippen LogP contribution in [0.3, 0.4) is 0 Å². The van der Waals surface area contributed by atoms with Crippen molar-refractivity contribution in [1.82, 2.24) is 9.97 Å². The third-order valence-electron chi connectivity index (χ3n) is 5.02. The molecule has 1 amide bonds. The zero-order chi connectivity index (χ0) is 21.6. The van der Waals surface area contributed by atoms with Gasteiger partial charge in [0, 0.05) is 22.8 Å². The highest BCUT2D eigenvalue weighted by Gasteiger charge is 2.24. The fraction of sp³-hybridized carbons (Fsp3) is 0.476. The van der Waals surface area contributed by atoms with Gasteiger partial charge in [-0.15, -0.1) is 11.8 Å². The number of benzene rings is 1. The van der Waals surface area contributed by atoms with Gasteiger partial charge in [0.25, 0.3) is 10.0 Å². The van der Waals surface area contributed by atoms with Gasteiger partial charge in [-0.2, -0.15) is 0 Å². The Morgan fingerprint density at radius 1 is 1.17 bits per heavy atom. The minimum Gasteiger partial charge on any atom is -0.325 e. The van der Waals surface area contributed by atoms with Gasteiger partial charge in [0.15, 0.2) is 0 Å². The number of thioether (sulfide) groups is 1. The molecule has 162 valence electrons. The molecule has 1 unspecified atom stereocenters. The molecule has 1 atom stereocenters. The summed E-state index contributed by atoms with van der Waals surface area (Å²) in [6.45, 7) is 3.78. The second-order valence-corrected chi connectivity index (χ2v) is 10.6. The number of rotatable bonds is 8. The zero-order valence-corrected chi connectivity index (χ0v) is 18.9. The third kappa shape index (κ3) is 6.18. The summed E-state index contributed by atoms with van der Waals surface area (Å²) in [4.78, 5) is 20.8. The van der Waals surface area contributed by atoms with E-state index < -0.39 is 10.0 Å². The van der Waals surface area contributed by atoms with Crippen molar-refractivity contribution in [3.8, 4) is 0 Å². The second kappa shape index (κ2) is 10.3. The molecule has 1 fully saturated rings. The van der Waals surface area contributed by atoms with E-state index in [1.807, 2.05) is 6.92 Å². The van der Waals surface area contributed by atoms with Crippen molar-refractivity contribution < 1.29 is 13.2 Å². The largest absolute Gasteiger partial charge is 0.325 e. The Bertz CT molecular complexity index is 958. The van der Waals surface area contributed by atoms with E-state index in [0.29, 0.717) is 16.6 Å². The monoisotopic (exact) mass is 448 g/mol. The van der Waals surface area contributed by atoms with Crippen LogP contribution in [0.15, 0.2) is 41.4 Å². The van der Waals surface area contributed by atoms with Gasteiger partial charge in [0.1, 0.15) is 0 Å². The van der Waals surface area contributed by atoms with Crippen molar-refractivity contribution >= 4 is 39.3 Å². The Kier molecular flexibility index (Phi) is 7.71. The number of carbonyl (C=O) groups excluding carboxylic acids is 1. The lowest BCUT2D eigenvalue weighted by atomic mass is 10.0. The second-order valence-electron chi connectivity index (χ2n) is 7.43. The number of aromatic nitrogens is 2. The van der Waals surface area contributed by atoms with Gasteiger partial charge < -0.3 is 5.32 Å². The predicted octanol–water partition coefficient (Wildman–Crippen LogP) is 4.37. The van der Waals surface area contributed by atoms with Gasteiger partial charge in [-0.05, 0) is 56.5 Å². The van der Waals surface area contributed by atoms with Crippen molar-refractivity contribution in [3.05, 3.63) is 42.2 Å². The van der Waals surface area contributed by atoms with E-state index in [2.05, 4.69) is 20.0 Å². The van der Waals surface area contributed by atoms with Crippen molar-refractivity contribution in [3.63, 3.8) is 0 Å². The maximum absolute atomic E-state index is 12.7. The molecular weight excluding hydrogens is 420 g/mol. The minimum absolute atomic E-state index is 0.0258. The van der Waals surface area contributed by atoms with Gasteiger partial charge in [-0.3, -0.25) is 4.79 Å². The molecular formula is C21H28N4O3S2. The van der Waals surface area contributed by atoms with Crippen LogP contribution in [0.4, 0.5) is 11.6 Å². The van der Waals surface area contributed by atoms with Gasteiger partial charge in [0.2, 0.25) is 11.9 Å². The smallest absolute Gasteiger partial charge is 0.264 e. The van der Waals surface area contributed by atoms with Gasteiger partial charge in [-0.25, -0.2) is 23.1 Å². The number of carbonyl (C=O) groups is 1. The molecule has 1 saturated carbocycles. The molecule has 0 aliphatic heterocycles. The lowest BCUT2D eigenvalue weighted by Gasteiger charge is -2.25. The number of anilines is 2. The number of nitrogens with one attached hydrogen (secondary N) is 2. The molecule has 30 heavy (non-hydrogen) atoms. The minimum atomic E-state index is -3.81. The van der Waals surface area contributed by atoms with Crippen molar-refractivity contribution in [2.24, 2.45) is 0 Å². The molecule has 0 radical (unpaired) electrons. The number of hydrogen-bond acceptors (Lipinski definition) is 6. The molecule has 2 N–H and O–H groups in total. The Morgan fingerprint density at radius 2 is 1.87 bits per heavy atom. The van der Waals surface area contributed by atoms with Crippen molar-refractivity contribution in [2.45, 2.75) is 67.8 Å². The summed E-state index contributed by atoms with van der Waals surface area (Å²) >= 11 is 1.77. The fourth-order valence-electron chi connectivity index (χ4n) is 3.39. The average molecular weight is 449 g/mol. The topological polar surface area (TPSA) is 101 Å². The van der Waals surface area contributed by atoms with E-state index >= 15 is 0 Å². The van der Waals surface area contributed by atoms with E-state index in [1.54, 1.807) is 36.9 Å². The Labute approximate surface area is 182 Å². The number of sulfonamides is 1. The quantitative estimate of drug-likeness (QED) is 0.622. The van der Waals surface area contributed by atoms with Crippen LogP contribution in [0.25, 0.3) is 0 Å². The van der Waals surface area contributed by atoms with E-state index in [0.717, 1.165) is 6.42 Å². The Hall–Kier alpha value is -2.13. The lowest BCUT2D eigenvalue weighted by Crippen LogP contribution is -2.27. The maximum atomic E-state index is 12.7.